The maximum absolute atomic E-state index is 13.7. The highest BCUT2D eigenvalue weighted by atomic mass is 32.2. The van der Waals surface area contributed by atoms with E-state index in [1.165, 1.54) is 11.1 Å². The largest absolute Gasteiger partial charge is 0.352 e. The SMILES string of the molecule is CC[C@H](C)NC(=O)[C@@H](Cc1ccccc1)N(Cc1ccc(C)cc1)C(=O)CCSc1ccc(C)cc1. The van der Waals surface area contributed by atoms with Gasteiger partial charge in [-0.1, -0.05) is 84.8 Å². The lowest BCUT2D eigenvalue weighted by Crippen LogP contribution is -2.52. The summed E-state index contributed by atoms with van der Waals surface area (Å²) < 4.78 is 0. The summed E-state index contributed by atoms with van der Waals surface area (Å²) in [5.74, 6) is 0.562. The van der Waals surface area contributed by atoms with Crippen molar-refractivity contribution in [1.82, 2.24) is 10.2 Å². The van der Waals surface area contributed by atoms with Gasteiger partial charge in [0.25, 0.3) is 0 Å². The molecule has 0 saturated carbocycles. The molecule has 0 radical (unpaired) electrons. The molecule has 3 aromatic rings. The minimum absolute atomic E-state index is 0.00424. The van der Waals surface area contributed by atoms with Crippen LogP contribution in [0, 0.1) is 13.8 Å². The summed E-state index contributed by atoms with van der Waals surface area (Å²) in [7, 11) is 0. The lowest BCUT2D eigenvalue weighted by atomic mass is 10.0. The molecule has 4 nitrogen and oxygen atoms in total. The van der Waals surface area contributed by atoms with Crippen molar-refractivity contribution in [2.75, 3.05) is 5.75 Å². The Hall–Kier alpha value is -3.05. The van der Waals surface area contributed by atoms with Crippen molar-refractivity contribution in [1.29, 1.82) is 0 Å². The third-order valence-electron chi connectivity index (χ3n) is 6.35. The molecule has 0 spiro atoms. The minimum atomic E-state index is -0.584. The van der Waals surface area contributed by atoms with Gasteiger partial charge in [-0.25, -0.2) is 0 Å². The molecule has 0 aliphatic rings. The van der Waals surface area contributed by atoms with Crippen LogP contribution in [-0.4, -0.2) is 34.6 Å². The number of aryl methyl sites for hydroxylation is 2. The van der Waals surface area contributed by atoms with Gasteiger partial charge in [-0.3, -0.25) is 9.59 Å². The van der Waals surface area contributed by atoms with Gasteiger partial charge in [-0.2, -0.15) is 0 Å². The quantitative estimate of drug-likeness (QED) is 0.294. The molecule has 0 heterocycles. The van der Waals surface area contributed by atoms with E-state index in [1.807, 2.05) is 56.3 Å². The third kappa shape index (κ3) is 8.56. The molecule has 3 aromatic carbocycles. The number of benzene rings is 3. The minimum Gasteiger partial charge on any atom is -0.352 e. The molecule has 0 saturated heterocycles. The fourth-order valence-corrected chi connectivity index (χ4v) is 4.76. The molecule has 0 fully saturated rings. The first-order valence-corrected chi connectivity index (χ1v) is 13.7. The van der Waals surface area contributed by atoms with Crippen LogP contribution in [0.15, 0.2) is 83.8 Å². The molecule has 1 N–H and O–H groups in total. The van der Waals surface area contributed by atoms with E-state index in [9.17, 15) is 9.59 Å². The van der Waals surface area contributed by atoms with Crippen LogP contribution in [0.3, 0.4) is 0 Å². The van der Waals surface area contributed by atoms with Crippen LogP contribution in [-0.2, 0) is 22.6 Å². The number of thioether (sulfide) groups is 1. The van der Waals surface area contributed by atoms with Crippen LogP contribution in [0.4, 0.5) is 0 Å². The number of amides is 2. The van der Waals surface area contributed by atoms with Crippen LogP contribution in [0.2, 0.25) is 0 Å². The van der Waals surface area contributed by atoms with E-state index in [0.717, 1.165) is 22.4 Å². The number of rotatable bonds is 12. The van der Waals surface area contributed by atoms with E-state index in [4.69, 9.17) is 0 Å². The summed E-state index contributed by atoms with van der Waals surface area (Å²) in [6.45, 7) is 8.57. The predicted molar refractivity (Wildman–Crippen MR) is 150 cm³/mol. The first kappa shape index (κ1) is 27.5. The molecule has 2 amide bonds. The lowest BCUT2D eigenvalue weighted by Gasteiger charge is -2.32. The second-order valence-electron chi connectivity index (χ2n) is 9.44. The van der Waals surface area contributed by atoms with Gasteiger partial charge in [0, 0.05) is 36.1 Å². The van der Waals surface area contributed by atoms with Gasteiger partial charge in [0.05, 0.1) is 0 Å². The van der Waals surface area contributed by atoms with Crippen molar-refractivity contribution >= 4 is 23.6 Å². The average molecular weight is 503 g/mol. The summed E-state index contributed by atoms with van der Waals surface area (Å²) in [4.78, 5) is 30.1. The first-order valence-electron chi connectivity index (χ1n) is 12.7. The van der Waals surface area contributed by atoms with Crippen LogP contribution >= 0.6 is 11.8 Å². The number of hydrogen-bond donors (Lipinski definition) is 1. The maximum atomic E-state index is 13.7. The maximum Gasteiger partial charge on any atom is 0.243 e. The Morgan fingerprint density at radius 1 is 0.861 bits per heavy atom. The molecular weight excluding hydrogens is 464 g/mol. The number of carbonyl (C=O) groups is 2. The molecule has 3 rings (SSSR count). The fourth-order valence-electron chi connectivity index (χ4n) is 3.92. The highest BCUT2D eigenvalue weighted by Gasteiger charge is 2.30. The highest BCUT2D eigenvalue weighted by molar-refractivity contribution is 7.99. The summed E-state index contributed by atoms with van der Waals surface area (Å²) in [6, 6.07) is 26.0. The average Bonchev–Trinajstić information content (AvgIpc) is 2.88. The Labute approximate surface area is 220 Å². The number of carbonyl (C=O) groups excluding carboxylic acids is 2. The molecule has 0 aromatic heterocycles. The Bertz CT molecular complexity index is 1100. The molecule has 0 unspecified atom stereocenters. The standard InChI is InChI=1S/C31H38N2O2S/c1-5-25(4)32-31(35)29(21-26-9-7-6-8-10-26)33(22-27-15-11-23(2)12-16-27)30(34)19-20-36-28-17-13-24(3)14-18-28/h6-18,25,29H,5,19-22H2,1-4H3,(H,32,35)/t25-,29+/m0/s1. The normalized spacial score (nSPS) is 12.6. The van der Waals surface area contributed by atoms with Crippen molar-refractivity contribution in [3.8, 4) is 0 Å². The lowest BCUT2D eigenvalue weighted by molar-refractivity contribution is -0.141. The number of hydrogen-bond acceptors (Lipinski definition) is 3. The van der Waals surface area contributed by atoms with Gasteiger partial charge in [0.1, 0.15) is 6.04 Å². The van der Waals surface area contributed by atoms with Crippen LogP contribution < -0.4 is 5.32 Å². The molecule has 5 heteroatoms. The number of nitrogens with zero attached hydrogens (tertiary/aromatic N) is 1. The van der Waals surface area contributed by atoms with Crippen molar-refractivity contribution in [2.24, 2.45) is 0 Å². The van der Waals surface area contributed by atoms with Crippen molar-refractivity contribution in [3.05, 3.63) is 101 Å². The summed E-state index contributed by atoms with van der Waals surface area (Å²) >= 11 is 1.67. The molecule has 0 aliphatic carbocycles. The van der Waals surface area contributed by atoms with Gasteiger partial charge in [0.15, 0.2) is 0 Å². The molecular formula is C31H38N2O2S. The zero-order valence-electron chi connectivity index (χ0n) is 21.9. The highest BCUT2D eigenvalue weighted by Crippen LogP contribution is 2.21. The van der Waals surface area contributed by atoms with Gasteiger partial charge in [0.2, 0.25) is 11.8 Å². The Morgan fingerprint density at radius 3 is 2.08 bits per heavy atom. The van der Waals surface area contributed by atoms with E-state index in [0.29, 0.717) is 25.1 Å². The van der Waals surface area contributed by atoms with Crippen molar-refractivity contribution in [3.63, 3.8) is 0 Å². The second-order valence-corrected chi connectivity index (χ2v) is 10.6. The zero-order chi connectivity index (χ0) is 25.9. The topological polar surface area (TPSA) is 49.4 Å². The van der Waals surface area contributed by atoms with Crippen molar-refractivity contribution in [2.45, 2.75) is 70.5 Å². The molecule has 2 atom stereocenters. The van der Waals surface area contributed by atoms with Gasteiger partial charge in [-0.05, 0) is 50.5 Å². The van der Waals surface area contributed by atoms with Gasteiger partial charge in [-0.15, -0.1) is 11.8 Å². The summed E-state index contributed by atoms with van der Waals surface area (Å²) in [5, 5.41) is 3.13. The first-order chi connectivity index (χ1) is 17.4. The van der Waals surface area contributed by atoms with Gasteiger partial charge < -0.3 is 10.2 Å². The summed E-state index contributed by atoms with van der Waals surface area (Å²) in [6.07, 6.45) is 1.68. The van der Waals surface area contributed by atoms with Crippen LogP contribution in [0.1, 0.15) is 48.9 Å². The van der Waals surface area contributed by atoms with E-state index < -0.39 is 6.04 Å². The van der Waals surface area contributed by atoms with E-state index in [-0.39, 0.29) is 17.9 Å². The third-order valence-corrected chi connectivity index (χ3v) is 7.37. The second kappa shape index (κ2) is 13.9. The molecule has 36 heavy (non-hydrogen) atoms. The Balaban J connectivity index is 1.84. The Morgan fingerprint density at radius 2 is 1.47 bits per heavy atom. The van der Waals surface area contributed by atoms with Crippen LogP contribution in [0.25, 0.3) is 0 Å². The van der Waals surface area contributed by atoms with E-state index >= 15 is 0 Å². The molecule has 190 valence electrons. The fraction of sp³-hybridized carbons (Fsp3) is 0.355. The zero-order valence-corrected chi connectivity index (χ0v) is 22.7. The summed E-state index contributed by atoms with van der Waals surface area (Å²) in [5.41, 5.74) is 4.45. The van der Waals surface area contributed by atoms with E-state index in [2.05, 4.69) is 55.6 Å². The number of nitrogens with one attached hydrogen (secondary N) is 1. The predicted octanol–water partition coefficient (Wildman–Crippen LogP) is 6.34. The monoisotopic (exact) mass is 502 g/mol. The van der Waals surface area contributed by atoms with Crippen molar-refractivity contribution < 1.29 is 9.59 Å². The Kier molecular flexibility index (Phi) is 10.6. The van der Waals surface area contributed by atoms with Gasteiger partial charge >= 0.3 is 0 Å². The van der Waals surface area contributed by atoms with Crippen LogP contribution in [0.5, 0.6) is 0 Å². The molecule has 0 aliphatic heterocycles. The smallest absolute Gasteiger partial charge is 0.243 e. The molecule has 0 bridgehead atoms. The van der Waals surface area contributed by atoms with E-state index in [1.54, 1.807) is 16.7 Å².